The SMILES string of the molecule is CN(C)Cc1c(F)cc2c(c1F)CCC1(CCN(C)C1)O2. The molecule has 0 aromatic heterocycles. The molecular weight excluding hydrogens is 274 g/mol. The zero-order valence-electron chi connectivity index (χ0n) is 12.9. The van der Waals surface area contributed by atoms with Crippen LogP contribution in [-0.4, -0.2) is 49.6 Å². The molecule has 0 radical (unpaired) electrons. The summed E-state index contributed by atoms with van der Waals surface area (Å²) >= 11 is 0. The van der Waals surface area contributed by atoms with Crippen molar-refractivity contribution >= 4 is 0 Å². The third kappa shape index (κ3) is 2.64. The summed E-state index contributed by atoms with van der Waals surface area (Å²) in [5.74, 6) is -0.544. The molecule has 0 aliphatic carbocycles. The number of ether oxygens (including phenoxy) is 1. The maximum Gasteiger partial charge on any atom is 0.137 e. The van der Waals surface area contributed by atoms with E-state index in [4.69, 9.17) is 4.74 Å². The normalized spacial score (nSPS) is 25.4. The summed E-state index contributed by atoms with van der Waals surface area (Å²) < 4.78 is 34.8. The zero-order valence-corrected chi connectivity index (χ0v) is 12.9. The fourth-order valence-corrected chi connectivity index (χ4v) is 3.44. The van der Waals surface area contributed by atoms with E-state index in [1.54, 1.807) is 19.0 Å². The number of rotatable bonds is 2. The number of hydrogen-bond donors (Lipinski definition) is 0. The first-order valence-corrected chi connectivity index (χ1v) is 7.42. The second-order valence-electron chi connectivity index (χ2n) is 6.64. The molecule has 21 heavy (non-hydrogen) atoms. The minimum atomic E-state index is -0.511. The van der Waals surface area contributed by atoms with Crippen molar-refractivity contribution in [2.45, 2.75) is 31.4 Å². The minimum absolute atomic E-state index is 0.141. The molecule has 5 heteroatoms. The molecule has 3 rings (SSSR count). The summed E-state index contributed by atoms with van der Waals surface area (Å²) in [4.78, 5) is 3.98. The summed E-state index contributed by atoms with van der Waals surface area (Å²) in [5, 5.41) is 0. The van der Waals surface area contributed by atoms with Crippen molar-refractivity contribution in [2.24, 2.45) is 0 Å². The average molecular weight is 296 g/mol. The Morgan fingerprint density at radius 1 is 1.33 bits per heavy atom. The average Bonchev–Trinajstić information content (AvgIpc) is 2.75. The van der Waals surface area contributed by atoms with Crippen LogP contribution < -0.4 is 4.74 Å². The van der Waals surface area contributed by atoms with E-state index in [0.717, 1.165) is 25.9 Å². The molecule has 1 aromatic rings. The van der Waals surface area contributed by atoms with Gasteiger partial charge >= 0.3 is 0 Å². The van der Waals surface area contributed by atoms with Crippen LogP contribution in [0.4, 0.5) is 8.78 Å². The lowest BCUT2D eigenvalue weighted by molar-refractivity contribution is 0.0553. The van der Waals surface area contributed by atoms with Gasteiger partial charge in [-0.15, -0.1) is 0 Å². The monoisotopic (exact) mass is 296 g/mol. The molecule has 2 aliphatic heterocycles. The van der Waals surface area contributed by atoms with Crippen molar-refractivity contribution in [3.63, 3.8) is 0 Å². The Labute approximate surface area is 124 Å². The first kappa shape index (κ1) is 14.7. The zero-order chi connectivity index (χ0) is 15.2. The Morgan fingerprint density at radius 2 is 2.10 bits per heavy atom. The van der Waals surface area contributed by atoms with E-state index in [1.807, 2.05) is 0 Å². The van der Waals surface area contributed by atoms with Gasteiger partial charge in [-0.25, -0.2) is 8.78 Å². The van der Waals surface area contributed by atoms with Crippen LogP contribution in [0.1, 0.15) is 24.0 Å². The first-order chi connectivity index (χ1) is 9.90. The standard InChI is InChI=1S/C16H22F2N2O/c1-19(2)9-12-13(17)8-14-11(15(12)18)4-5-16(21-14)6-7-20(3)10-16/h8H,4-7,9-10H2,1-3H3. The molecule has 1 fully saturated rings. The molecule has 0 amide bonds. The third-order valence-corrected chi connectivity index (χ3v) is 4.51. The van der Waals surface area contributed by atoms with Crippen LogP contribution in [-0.2, 0) is 13.0 Å². The number of nitrogens with zero attached hydrogens (tertiary/aromatic N) is 2. The lowest BCUT2D eigenvalue weighted by atomic mass is 9.89. The predicted molar refractivity (Wildman–Crippen MR) is 77.5 cm³/mol. The van der Waals surface area contributed by atoms with Gasteiger partial charge in [0, 0.05) is 43.2 Å². The van der Waals surface area contributed by atoms with Gasteiger partial charge in [0.05, 0.1) is 0 Å². The van der Waals surface area contributed by atoms with Crippen molar-refractivity contribution in [1.82, 2.24) is 9.80 Å². The van der Waals surface area contributed by atoms with E-state index in [9.17, 15) is 8.78 Å². The van der Waals surface area contributed by atoms with Crippen LogP contribution in [0, 0.1) is 11.6 Å². The van der Waals surface area contributed by atoms with E-state index in [-0.39, 0.29) is 17.7 Å². The van der Waals surface area contributed by atoms with Gasteiger partial charge in [-0.1, -0.05) is 0 Å². The molecule has 0 bridgehead atoms. The van der Waals surface area contributed by atoms with Crippen molar-refractivity contribution in [1.29, 1.82) is 0 Å². The fraction of sp³-hybridized carbons (Fsp3) is 0.625. The van der Waals surface area contributed by atoms with E-state index in [2.05, 4.69) is 11.9 Å². The molecule has 3 nitrogen and oxygen atoms in total. The molecule has 1 spiro atoms. The first-order valence-electron chi connectivity index (χ1n) is 7.42. The Balaban J connectivity index is 1.94. The van der Waals surface area contributed by atoms with Crippen molar-refractivity contribution < 1.29 is 13.5 Å². The Hall–Kier alpha value is -1.20. The van der Waals surface area contributed by atoms with E-state index in [1.165, 1.54) is 6.07 Å². The summed E-state index contributed by atoms with van der Waals surface area (Å²) in [7, 11) is 5.66. The molecule has 1 atom stereocenters. The van der Waals surface area contributed by atoms with E-state index in [0.29, 0.717) is 17.7 Å². The highest BCUT2D eigenvalue weighted by molar-refractivity contribution is 5.42. The highest BCUT2D eigenvalue weighted by atomic mass is 19.1. The summed E-state index contributed by atoms with van der Waals surface area (Å²) in [6.07, 6.45) is 2.34. The molecular formula is C16H22F2N2O. The van der Waals surface area contributed by atoms with Gasteiger partial charge in [-0.2, -0.15) is 0 Å². The van der Waals surface area contributed by atoms with Gasteiger partial charge in [-0.05, 0) is 34.0 Å². The molecule has 116 valence electrons. The molecule has 0 saturated carbocycles. The van der Waals surface area contributed by atoms with E-state index < -0.39 is 11.6 Å². The Kier molecular flexibility index (Phi) is 3.66. The smallest absolute Gasteiger partial charge is 0.137 e. The number of likely N-dealkylation sites (tertiary alicyclic amines) is 1. The molecule has 2 aliphatic rings. The van der Waals surface area contributed by atoms with Crippen LogP contribution >= 0.6 is 0 Å². The van der Waals surface area contributed by atoms with Crippen molar-refractivity contribution in [3.05, 3.63) is 28.8 Å². The number of halogens is 2. The van der Waals surface area contributed by atoms with Gasteiger partial charge in [0.1, 0.15) is 23.0 Å². The highest BCUT2D eigenvalue weighted by Crippen LogP contribution is 2.40. The summed E-state index contributed by atoms with van der Waals surface area (Å²) in [6.45, 7) is 2.06. The largest absolute Gasteiger partial charge is 0.485 e. The van der Waals surface area contributed by atoms with Crippen molar-refractivity contribution in [2.75, 3.05) is 34.2 Å². The van der Waals surface area contributed by atoms with Crippen LogP contribution in [0.25, 0.3) is 0 Å². The quantitative estimate of drug-likeness (QED) is 0.833. The maximum absolute atomic E-state index is 14.6. The van der Waals surface area contributed by atoms with Gasteiger partial charge in [0.15, 0.2) is 0 Å². The number of hydrogen-bond acceptors (Lipinski definition) is 3. The number of benzene rings is 1. The molecule has 2 heterocycles. The second-order valence-corrected chi connectivity index (χ2v) is 6.64. The van der Waals surface area contributed by atoms with Crippen LogP contribution in [0.15, 0.2) is 6.07 Å². The fourth-order valence-electron chi connectivity index (χ4n) is 3.44. The number of likely N-dealkylation sites (N-methyl/N-ethyl adjacent to an activating group) is 1. The number of fused-ring (bicyclic) bond motifs is 1. The molecule has 1 aromatic carbocycles. The van der Waals surface area contributed by atoms with E-state index >= 15 is 0 Å². The summed E-state index contributed by atoms with van der Waals surface area (Å²) in [5.41, 5.74) is 0.416. The van der Waals surface area contributed by atoms with Gasteiger partial charge < -0.3 is 14.5 Å². The second kappa shape index (κ2) is 5.21. The van der Waals surface area contributed by atoms with Crippen molar-refractivity contribution in [3.8, 4) is 5.75 Å². The molecule has 1 unspecified atom stereocenters. The van der Waals surface area contributed by atoms with Crippen LogP contribution in [0.3, 0.4) is 0 Å². The summed E-state index contributed by atoms with van der Waals surface area (Å²) in [6, 6.07) is 1.37. The predicted octanol–water partition coefficient (Wildman–Crippen LogP) is 2.43. The molecule has 0 N–H and O–H groups in total. The van der Waals surface area contributed by atoms with Crippen LogP contribution in [0.5, 0.6) is 5.75 Å². The van der Waals surface area contributed by atoms with Gasteiger partial charge in [-0.3, -0.25) is 0 Å². The Bertz CT molecular complexity index is 562. The molecule has 1 saturated heterocycles. The van der Waals surface area contributed by atoms with Crippen LogP contribution in [0.2, 0.25) is 0 Å². The topological polar surface area (TPSA) is 15.7 Å². The maximum atomic E-state index is 14.6. The minimum Gasteiger partial charge on any atom is -0.485 e. The lowest BCUT2D eigenvalue weighted by Crippen LogP contribution is -2.42. The third-order valence-electron chi connectivity index (χ3n) is 4.51. The van der Waals surface area contributed by atoms with Gasteiger partial charge in [0.25, 0.3) is 0 Å². The highest BCUT2D eigenvalue weighted by Gasteiger charge is 2.42. The Morgan fingerprint density at radius 3 is 2.71 bits per heavy atom. The van der Waals surface area contributed by atoms with Gasteiger partial charge in [0.2, 0.25) is 0 Å². The lowest BCUT2D eigenvalue weighted by Gasteiger charge is -2.36.